The molecule has 0 amide bonds. The SMILES string of the molecule is CCN(CCNc1ccc(C#N)cc1F)C1CC1. The number of rotatable bonds is 6. The van der Waals surface area contributed by atoms with Crippen molar-refractivity contribution < 1.29 is 4.39 Å². The van der Waals surface area contributed by atoms with Gasteiger partial charge in [0.05, 0.1) is 17.3 Å². The van der Waals surface area contributed by atoms with Gasteiger partial charge in [0, 0.05) is 19.1 Å². The molecule has 0 aromatic heterocycles. The standard InChI is InChI=1S/C14H18FN3/c1-2-18(12-4-5-12)8-7-17-14-6-3-11(10-16)9-13(14)15/h3,6,9,12,17H,2,4-5,7-8H2,1H3. The Balaban J connectivity index is 1.84. The van der Waals surface area contributed by atoms with Crippen LogP contribution in [0.1, 0.15) is 25.3 Å². The molecule has 3 nitrogen and oxygen atoms in total. The molecule has 1 saturated carbocycles. The molecule has 0 atom stereocenters. The van der Waals surface area contributed by atoms with Gasteiger partial charge in [0.15, 0.2) is 0 Å². The Kier molecular flexibility index (Phi) is 4.16. The fourth-order valence-electron chi connectivity index (χ4n) is 2.10. The highest BCUT2D eigenvalue weighted by Gasteiger charge is 2.27. The minimum absolute atomic E-state index is 0.353. The van der Waals surface area contributed by atoms with E-state index in [0.29, 0.717) is 11.3 Å². The average Bonchev–Trinajstić information content (AvgIpc) is 3.20. The van der Waals surface area contributed by atoms with Gasteiger partial charge in [-0.15, -0.1) is 0 Å². The number of benzene rings is 1. The first-order chi connectivity index (χ1) is 8.74. The lowest BCUT2D eigenvalue weighted by Gasteiger charge is -2.20. The van der Waals surface area contributed by atoms with Gasteiger partial charge in [0.25, 0.3) is 0 Å². The van der Waals surface area contributed by atoms with Crippen LogP contribution in [-0.4, -0.2) is 30.6 Å². The molecule has 0 saturated heterocycles. The van der Waals surface area contributed by atoms with Gasteiger partial charge in [-0.2, -0.15) is 5.26 Å². The van der Waals surface area contributed by atoms with Gasteiger partial charge in [0.2, 0.25) is 0 Å². The molecule has 1 N–H and O–H groups in total. The Morgan fingerprint density at radius 1 is 1.50 bits per heavy atom. The number of nitrogens with one attached hydrogen (secondary N) is 1. The Labute approximate surface area is 107 Å². The second-order valence-corrected chi connectivity index (χ2v) is 4.59. The van der Waals surface area contributed by atoms with Crippen molar-refractivity contribution in [1.29, 1.82) is 5.26 Å². The third kappa shape index (κ3) is 3.21. The van der Waals surface area contributed by atoms with Crippen molar-refractivity contribution in [1.82, 2.24) is 4.90 Å². The van der Waals surface area contributed by atoms with Gasteiger partial charge in [-0.3, -0.25) is 4.90 Å². The van der Waals surface area contributed by atoms with Gasteiger partial charge in [-0.05, 0) is 37.6 Å². The molecule has 0 radical (unpaired) electrons. The molecular weight excluding hydrogens is 229 g/mol. The average molecular weight is 247 g/mol. The Morgan fingerprint density at radius 2 is 2.28 bits per heavy atom. The van der Waals surface area contributed by atoms with E-state index in [1.165, 1.54) is 18.9 Å². The van der Waals surface area contributed by atoms with Gasteiger partial charge in [-0.1, -0.05) is 6.92 Å². The summed E-state index contributed by atoms with van der Waals surface area (Å²) in [6, 6.07) is 7.18. The maximum Gasteiger partial charge on any atom is 0.147 e. The van der Waals surface area contributed by atoms with E-state index in [-0.39, 0.29) is 5.82 Å². The van der Waals surface area contributed by atoms with E-state index in [2.05, 4.69) is 17.1 Å². The minimum atomic E-state index is -0.358. The number of hydrogen-bond acceptors (Lipinski definition) is 3. The van der Waals surface area contributed by atoms with Crippen LogP contribution >= 0.6 is 0 Å². The smallest absolute Gasteiger partial charge is 0.147 e. The maximum absolute atomic E-state index is 13.6. The monoisotopic (exact) mass is 247 g/mol. The third-order valence-electron chi connectivity index (χ3n) is 3.28. The summed E-state index contributed by atoms with van der Waals surface area (Å²) < 4.78 is 13.6. The molecule has 0 spiro atoms. The zero-order chi connectivity index (χ0) is 13.0. The van der Waals surface area contributed by atoms with E-state index in [0.717, 1.165) is 25.7 Å². The summed E-state index contributed by atoms with van der Waals surface area (Å²) in [6.07, 6.45) is 2.58. The fraction of sp³-hybridized carbons (Fsp3) is 0.500. The van der Waals surface area contributed by atoms with Crippen molar-refractivity contribution in [3.63, 3.8) is 0 Å². The first kappa shape index (κ1) is 12.8. The third-order valence-corrected chi connectivity index (χ3v) is 3.28. The van der Waals surface area contributed by atoms with Crippen LogP contribution in [-0.2, 0) is 0 Å². The Morgan fingerprint density at radius 3 is 2.83 bits per heavy atom. The minimum Gasteiger partial charge on any atom is -0.381 e. The molecule has 18 heavy (non-hydrogen) atoms. The highest BCUT2D eigenvalue weighted by Crippen LogP contribution is 2.26. The molecular formula is C14H18FN3. The van der Waals surface area contributed by atoms with E-state index >= 15 is 0 Å². The number of nitrogens with zero attached hydrogens (tertiary/aromatic N) is 2. The first-order valence-corrected chi connectivity index (χ1v) is 6.42. The first-order valence-electron chi connectivity index (χ1n) is 6.42. The van der Waals surface area contributed by atoms with Gasteiger partial charge < -0.3 is 5.32 Å². The number of hydrogen-bond donors (Lipinski definition) is 1. The normalized spacial score (nSPS) is 14.6. The van der Waals surface area contributed by atoms with E-state index in [1.807, 2.05) is 6.07 Å². The predicted molar refractivity (Wildman–Crippen MR) is 69.9 cm³/mol. The quantitative estimate of drug-likeness (QED) is 0.839. The van der Waals surface area contributed by atoms with Gasteiger partial charge in [-0.25, -0.2) is 4.39 Å². The molecule has 96 valence electrons. The highest BCUT2D eigenvalue weighted by atomic mass is 19.1. The molecule has 1 aromatic carbocycles. The summed E-state index contributed by atoms with van der Waals surface area (Å²) in [6.45, 7) is 4.86. The molecule has 1 aliphatic rings. The van der Waals surface area contributed by atoms with Crippen molar-refractivity contribution in [2.75, 3.05) is 25.0 Å². The fourth-order valence-corrected chi connectivity index (χ4v) is 2.10. The molecule has 0 bridgehead atoms. The van der Waals surface area contributed by atoms with Crippen molar-refractivity contribution in [2.24, 2.45) is 0 Å². The molecule has 4 heteroatoms. The van der Waals surface area contributed by atoms with Crippen LogP contribution in [0.15, 0.2) is 18.2 Å². The summed E-state index contributed by atoms with van der Waals surface area (Å²) in [7, 11) is 0. The zero-order valence-corrected chi connectivity index (χ0v) is 10.6. The zero-order valence-electron chi connectivity index (χ0n) is 10.6. The van der Waals surface area contributed by atoms with Gasteiger partial charge >= 0.3 is 0 Å². The van der Waals surface area contributed by atoms with Crippen LogP contribution < -0.4 is 5.32 Å². The lowest BCUT2D eigenvalue weighted by Crippen LogP contribution is -2.31. The second kappa shape index (κ2) is 5.83. The van der Waals surface area contributed by atoms with E-state index in [4.69, 9.17) is 5.26 Å². The number of nitriles is 1. The molecule has 1 aromatic rings. The van der Waals surface area contributed by atoms with Crippen molar-refractivity contribution in [2.45, 2.75) is 25.8 Å². The largest absolute Gasteiger partial charge is 0.381 e. The maximum atomic E-state index is 13.6. The molecule has 1 fully saturated rings. The van der Waals surface area contributed by atoms with E-state index in [9.17, 15) is 4.39 Å². The molecule has 0 heterocycles. The summed E-state index contributed by atoms with van der Waals surface area (Å²) in [5.41, 5.74) is 0.826. The van der Waals surface area contributed by atoms with Crippen LogP contribution in [0.5, 0.6) is 0 Å². The summed E-state index contributed by atoms with van der Waals surface area (Å²) in [4.78, 5) is 2.41. The summed E-state index contributed by atoms with van der Waals surface area (Å²) >= 11 is 0. The summed E-state index contributed by atoms with van der Waals surface area (Å²) in [5.74, 6) is -0.358. The van der Waals surface area contributed by atoms with Gasteiger partial charge in [0.1, 0.15) is 5.82 Å². The lowest BCUT2D eigenvalue weighted by atomic mass is 10.2. The van der Waals surface area contributed by atoms with Crippen LogP contribution in [0.3, 0.4) is 0 Å². The van der Waals surface area contributed by atoms with Crippen LogP contribution in [0.2, 0.25) is 0 Å². The topological polar surface area (TPSA) is 39.1 Å². The number of anilines is 1. The Hall–Kier alpha value is -1.60. The van der Waals surface area contributed by atoms with Crippen molar-refractivity contribution >= 4 is 5.69 Å². The van der Waals surface area contributed by atoms with Crippen LogP contribution in [0.25, 0.3) is 0 Å². The van der Waals surface area contributed by atoms with Crippen LogP contribution in [0, 0.1) is 17.1 Å². The Bertz CT molecular complexity index is 449. The lowest BCUT2D eigenvalue weighted by molar-refractivity contribution is 0.289. The molecule has 0 unspecified atom stereocenters. The number of halogens is 1. The van der Waals surface area contributed by atoms with Crippen molar-refractivity contribution in [3.05, 3.63) is 29.6 Å². The van der Waals surface area contributed by atoms with E-state index < -0.39 is 0 Å². The number of likely N-dealkylation sites (N-methyl/N-ethyl adjacent to an activating group) is 1. The van der Waals surface area contributed by atoms with Crippen molar-refractivity contribution in [3.8, 4) is 6.07 Å². The summed E-state index contributed by atoms with van der Waals surface area (Å²) in [5, 5.41) is 11.7. The van der Waals surface area contributed by atoms with E-state index in [1.54, 1.807) is 12.1 Å². The molecule has 1 aliphatic carbocycles. The predicted octanol–water partition coefficient (Wildman–Crippen LogP) is 2.59. The highest BCUT2D eigenvalue weighted by molar-refractivity contribution is 5.48. The molecule has 0 aliphatic heterocycles. The van der Waals surface area contributed by atoms with Crippen LogP contribution in [0.4, 0.5) is 10.1 Å². The second-order valence-electron chi connectivity index (χ2n) is 4.59. The molecule has 2 rings (SSSR count).